The third-order valence-electron chi connectivity index (χ3n) is 2.36. The molecule has 1 unspecified atom stereocenters. The van der Waals surface area contributed by atoms with Crippen molar-refractivity contribution >= 4 is 0 Å². The summed E-state index contributed by atoms with van der Waals surface area (Å²) in [7, 11) is 2.09. The number of rotatable bonds is 1. The molecule has 1 N–H and O–H groups in total. The van der Waals surface area contributed by atoms with E-state index in [4.69, 9.17) is 0 Å². The Morgan fingerprint density at radius 2 is 2.18 bits per heavy atom. The molecule has 0 amide bonds. The van der Waals surface area contributed by atoms with Gasteiger partial charge in [0.15, 0.2) is 0 Å². The lowest BCUT2D eigenvalue weighted by Crippen LogP contribution is -2.31. The van der Waals surface area contributed by atoms with E-state index in [1.807, 2.05) is 6.92 Å². The second kappa shape index (κ2) is 3.37. The third-order valence-corrected chi connectivity index (χ3v) is 2.36. The SMILES string of the molecule is CC1=C(C(C)O)CN(C)CC1. The summed E-state index contributed by atoms with van der Waals surface area (Å²) in [6.45, 7) is 6.03. The molecule has 11 heavy (non-hydrogen) atoms. The fourth-order valence-electron chi connectivity index (χ4n) is 1.51. The maximum absolute atomic E-state index is 9.38. The Hall–Kier alpha value is -0.340. The van der Waals surface area contributed by atoms with E-state index in [2.05, 4.69) is 18.9 Å². The van der Waals surface area contributed by atoms with Gasteiger partial charge in [-0.15, -0.1) is 0 Å². The smallest absolute Gasteiger partial charge is 0.0736 e. The predicted molar refractivity (Wildman–Crippen MR) is 46.5 cm³/mol. The van der Waals surface area contributed by atoms with Crippen molar-refractivity contribution < 1.29 is 5.11 Å². The van der Waals surface area contributed by atoms with Gasteiger partial charge < -0.3 is 10.0 Å². The molecule has 1 aliphatic heterocycles. The largest absolute Gasteiger partial charge is 0.389 e. The first-order valence-electron chi connectivity index (χ1n) is 4.16. The molecule has 64 valence electrons. The van der Waals surface area contributed by atoms with Gasteiger partial charge >= 0.3 is 0 Å². The van der Waals surface area contributed by atoms with Crippen molar-refractivity contribution in [2.45, 2.75) is 26.4 Å². The Morgan fingerprint density at radius 1 is 1.55 bits per heavy atom. The fraction of sp³-hybridized carbons (Fsp3) is 0.778. The minimum atomic E-state index is -0.266. The van der Waals surface area contributed by atoms with Crippen LogP contribution in [0.5, 0.6) is 0 Å². The van der Waals surface area contributed by atoms with Crippen LogP contribution in [0.3, 0.4) is 0 Å². The zero-order valence-electron chi connectivity index (χ0n) is 7.59. The summed E-state index contributed by atoms with van der Waals surface area (Å²) in [6, 6.07) is 0. The highest BCUT2D eigenvalue weighted by Crippen LogP contribution is 2.18. The van der Waals surface area contributed by atoms with Gasteiger partial charge in [-0.2, -0.15) is 0 Å². The Morgan fingerprint density at radius 3 is 2.64 bits per heavy atom. The monoisotopic (exact) mass is 155 g/mol. The van der Waals surface area contributed by atoms with Crippen LogP contribution < -0.4 is 0 Å². The number of nitrogens with zero attached hydrogens (tertiary/aromatic N) is 1. The standard InChI is InChI=1S/C9H17NO/c1-7-4-5-10(3)6-9(7)8(2)11/h8,11H,4-6H2,1-3H3. The molecule has 2 nitrogen and oxygen atoms in total. The van der Waals surface area contributed by atoms with Crippen molar-refractivity contribution in [2.75, 3.05) is 20.1 Å². The molecule has 1 atom stereocenters. The lowest BCUT2D eigenvalue weighted by atomic mass is 9.98. The van der Waals surface area contributed by atoms with Gasteiger partial charge in [0.25, 0.3) is 0 Å². The molecule has 2 heteroatoms. The van der Waals surface area contributed by atoms with Crippen LogP contribution in [0.15, 0.2) is 11.1 Å². The second-order valence-corrected chi connectivity index (χ2v) is 3.47. The average molecular weight is 155 g/mol. The molecular formula is C9H17NO. The van der Waals surface area contributed by atoms with Gasteiger partial charge in [-0.05, 0) is 32.9 Å². The van der Waals surface area contributed by atoms with E-state index in [-0.39, 0.29) is 6.10 Å². The molecule has 0 aromatic rings. The summed E-state index contributed by atoms with van der Waals surface area (Å²) in [5.41, 5.74) is 2.58. The van der Waals surface area contributed by atoms with Crippen molar-refractivity contribution in [3.63, 3.8) is 0 Å². The third kappa shape index (κ3) is 2.04. The lowest BCUT2D eigenvalue weighted by Gasteiger charge is -2.27. The highest BCUT2D eigenvalue weighted by molar-refractivity contribution is 5.20. The summed E-state index contributed by atoms with van der Waals surface area (Å²) >= 11 is 0. The van der Waals surface area contributed by atoms with Crippen molar-refractivity contribution in [3.8, 4) is 0 Å². The maximum Gasteiger partial charge on any atom is 0.0736 e. The normalized spacial score (nSPS) is 24.0. The summed E-state index contributed by atoms with van der Waals surface area (Å²) in [5.74, 6) is 0. The van der Waals surface area contributed by atoms with Gasteiger partial charge in [-0.1, -0.05) is 5.57 Å². The molecule has 0 aliphatic carbocycles. The Bertz CT molecular complexity index is 172. The van der Waals surface area contributed by atoms with E-state index >= 15 is 0 Å². The molecule has 1 heterocycles. The van der Waals surface area contributed by atoms with Crippen molar-refractivity contribution in [1.29, 1.82) is 0 Å². The minimum Gasteiger partial charge on any atom is -0.389 e. The van der Waals surface area contributed by atoms with E-state index in [0.717, 1.165) is 19.5 Å². The van der Waals surface area contributed by atoms with E-state index in [1.54, 1.807) is 0 Å². The van der Waals surface area contributed by atoms with Crippen LogP contribution in [0, 0.1) is 0 Å². The highest BCUT2D eigenvalue weighted by atomic mass is 16.3. The van der Waals surface area contributed by atoms with Crippen LogP contribution in [-0.4, -0.2) is 36.2 Å². The first kappa shape index (κ1) is 8.75. The second-order valence-electron chi connectivity index (χ2n) is 3.47. The van der Waals surface area contributed by atoms with Crippen LogP contribution in [0.2, 0.25) is 0 Å². The zero-order valence-corrected chi connectivity index (χ0v) is 7.59. The molecule has 0 spiro atoms. The van der Waals surface area contributed by atoms with Gasteiger partial charge in [-0.3, -0.25) is 0 Å². The summed E-state index contributed by atoms with van der Waals surface area (Å²) in [6.07, 6.45) is 0.842. The van der Waals surface area contributed by atoms with Crippen molar-refractivity contribution in [2.24, 2.45) is 0 Å². The number of likely N-dealkylation sites (N-methyl/N-ethyl adjacent to an activating group) is 1. The lowest BCUT2D eigenvalue weighted by molar-refractivity contribution is 0.207. The van der Waals surface area contributed by atoms with Crippen LogP contribution in [0.1, 0.15) is 20.3 Å². The number of hydrogen-bond acceptors (Lipinski definition) is 2. The summed E-state index contributed by atoms with van der Waals surface area (Å²) in [5, 5.41) is 9.38. The highest BCUT2D eigenvalue weighted by Gasteiger charge is 2.16. The maximum atomic E-state index is 9.38. The first-order valence-corrected chi connectivity index (χ1v) is 4.16. The number of aliphatic hydroxyl groups excluding tert-OH is 1. The molecule has 0 aromatic carbocycles. The quantitative estimate of drug-likeness (QED) is 0.571. The molecule has 0 radical (unpaired) electrons. The first-order chi connectivity index (χ1) is 5.11. The summed E-state index contributed by atoms with van der Waals surface area (Å²) < 4.78 is 0. The zero-order chi connectivity index (χ0) is 8.43. The number of hydrogen-bond donors (Lipinski definition) is 1. The Balaban J connectivity index is 2.71. The van der Waals surface area contributed by atoms with E-state index in [1.165, 1.54) is 11.1 Å². The van der Waals surface area contributed by atoms with Gasteiger partial charge in [0.2, 0.25) is 0 Å². The number of aliphatic hydroxyl groups is 1. The topological polar surface area (TPSA) is 23.5 Å². The predicted octanol–water partition coefficient (Wildman–Crippen LogP) is 1.02. The van der Waals surface area contributed by atoms with Crippen molar-refractivity contribution in [1.82, 2.24) is 4.90 Å². The van der Waals surface area contributed by atoms with Crippen LogP contribution in [0.25, 0.3) is 0 Å². The van der Waals surface area contributed by atoms with Crippen molar-refractivity contribution in [3.05, 3.63) is 11.1 Å². The molecule has 0 saturated carbocycles. The molecule has 0 bridgehead atoms. The molecule has 0 fully saturated rings. The Labute approximate surface area is 68.5 Å². The van der Waals surface area contributed by atoms with E-state index in [0.29, 0.717) is 0 Å². The van der Waals surface area contributed by atoms with Gasteiger partial charge in [-0.25, -0.2) is 0 Å². The Kier molecular flexibility index (Phi) is 2.68. The van der Waals surface area contributed by atoms with Crippen LogP contribution in [-0.2, 0) is 0 Å². The molecule has 1 aliphatic rings. The van der Waals surface area contributed by atoms with Crippen LogP contribution in [0.4, 0.5) is 0 Å². The summed E-state index contributed by atoms with van der Waals surface area (Å²) in [4.78, 5) is 2.25. The molecular weight excluding hydrogens is 138 g/mol. The molecule has 0 saturated heterocycles. The van der Waals surface area contributed by atoms with E-state index < -0.39 is 0 Å². The van der Waals surface area contributed by atoms with Gasteiger partial charge in [0, 0.05) is 13.1 Å². The fourth-order valence-corrected chi connectivity index (χ4v) is 1.51. The van der Waals surface area contributed by atoms with Crippen LogP contribution >= 0.6 is 0 Å². The molecule has 0 aromatic heterocycles. The molecule has 1 rings (SSSR count). The van der Waals surface area contributed by atoms with Gasteiger partial charge in [0.05, 0.1) is 6.10 Å². The van der Waals surface area contributed by atoms with E-state index in [9.17, 15) is 5.11 Å². The van der Waals surface area contributed by atoms with Gasteiger partial charge in [0.1, 0.15) is 0 Å². The minimum absolute atomic E-state index is 0.266. The average Bonchev–Trinajstić information content (AvgIpc) is 1.94.